The number of aromatic nitrogens is 2. The van der Waals surface area contributed by atoms with Crippen molar-refractivity contribution in [2.75, 3.05) is 44.2 Å². The summed E-state index contributed by atoms with van der Waals surface area (Å²) in [5.41, 5.74) is 1.92. The number of amides is 2. The van der Waals surface area contributed by atoms with E-state index in [9.17, 15) is 9.59 Å². The predicted octanol–water partition coefficient (Wildman–Crippen LogP) is 4.18. The number of piperazine rings is 1. The van der Waals surface area contributed by atoms with Gasteiger partial charge in [-0.25, -0.2) is 9.97 Å². The molecule has 35 heavy (non-hydrogen) atoms. The van der Waals surface area contributed by atoms with E-state index < -0.39 is 0 Å². The first-order chi connectivity index (χ1) is 17.0. The maximum Gasteiger partial charge on any atom is 0.289 e. The lowest BCUT2D eigenvalue weighted by Crippen LogP contribution is -2.50. The van der Waals surface area contributed by atoms with Gasteiger partial charge in [0, 0.05) is 57.8 Å². The highest BCUT2D eigenvalue weighted by Gasteiger charge is 2.25. The molecule has 1 saturated heterocycles. The number of benzene rings is 1. The Morgan fingerprint density at radius 3 is 2.31 bits per heavy atom. The highest BCUT2D eigenvalue weighted by atomic mass is 32.2. The maximum atomic E-state index is 12.8. The van der Waals surface area contributed by atoms with E-state index in [2.05, 4.69) is 18.7 Å². The summed E-state index contributed by atoms with van der Waals surface area (Å²) >= 11 is 1.49. The number of nitrogens with zero attached hydrogens (tertiary/aromatic N) is 5. The second kappa shape index (κ2) is 11.4. The lowest BCUT2D eigenvalue weighted by Gasteiger charge is -2.33. The Bertz CT molecular complexity index is 1150. The van der Waals surface area contributed by atoms with Gasteiger partial charge in [-0.05, 0) is 26.0 Å². The van der Waals surface area contributed by atoms with Gasteiger partial charge in [0.25, 0.3) is 5.91 Å². The Hall–Kier alpha value is -3.33. The zero-order valence-corrected chi connectivity index (χ0v) is 21.3. The van der Waals surface area contributed by atoms with Crippen molar-refractivity contribution in [1.29, 1.82) is 0 Å². The average molecular weight is 494 g/mol. The largest absolute Gasteiger partial charge is 0.455 e. The van der Waals surface area contributed by atoms with Crippen LogP contribution < -0.4 is 4.90 Å². The Balaban J connectivity index is 1.45. The summed E-state index contributed by atoms with van der Waals surface area (Å²) in [6, 6.07) is 15.7. The number of anilines is 1. The van der Waals surface area contributed by atoms with Crippen LogP contribution in [0.25, 0.3) is 11.3 Å². The monoisotopic (exact) mass is 493 g/mol. The second-order valence-electron chi connectivity index (χ2n) is 8.29. The Morgan fingerprint density at radius 2 is 1.66 bits per heavy atom. The highest BCUT2D eigenvalue weighted by Crippen LogP contribution is 2.28. The molecule has 184 valence electrons. The summed E-state index contributed by atoms with van der Waals surface area (Å²) in [5, 5.41) is 0.665. The van der Waals surface area contributed by atoms with Crippen LogP contribution in [0.15, 0.2) is 58.1 Å². The first-order valence-corrected chi connectivity index (χ1v) is 12.9. The van der Waals surface area contributed by atoms with Crippen LogP contribution >= 0.6 is 11.8 Å². The van der Waals surface area contributed by atoms with E-state index in [0.29, 0.717) is 48.6 Å². The van der Waals surface area contributed by atoms with Crippen molar-refractivity contribution in [3.63, 3.8) is 0 Å². The summed E-state index contributed by atoms with van der Waals surface area (Å²) in [6.07, 6.45) is 0. The van der Waals surface area contributed by atoms with Gasteiger partial charge in [-0.2, -0.15) is 0 Å². The summed E-state index contributed by atoms with van der Waals surface area (Å²) in [7, 11) is 0. The molecule has 1 aliphatic heterocycles. The number of hydrogen-bond acceptors (Lipinski definition) is 7. The van der Waals surface area contributed by atoms with Gasteiger partial charge in [-0.15, -0.1) is 0 Å². The first-order valence-electron chi connectivity index (χ1n) is 11.9. The number of carbonyl (C=O) groups is 2. The minimum Gasteiger partial charge on any atom is -0.455 e. The summed E-state index contributed by atoms with van der Waals surface area (Å²) < 4.78 is 5.87. The Morgan fingerprint density at radius 1 is 0.971 bits per heavy atom. The van der Waals surface area contributed by atoms with E-state index >= 15 is 0 Å². The quantitative estimate of drug-likeness (QED) is 0.344. The molecule has 2 amide bonds. The Labute approximate surface area is 210 Å². The fraction of sp³-hybridized carbons (Fsp3) is 0.385. The fourth-order valence-corrected chi connectivity index (χ4v) is 4.78. The molecule has 3 heterocycles. The number of hydrogen-bond donors (Lipinski definition) is 0. The molecule has 0 atom stereocenters. The van der Waals surface area contributed by atoms with E-state index in [-0.39, 0.29) is 11.8 Å². The van der Waals surface area contributed by atoms with Crippen molar-refractivity contribution < 1.29 is 14.0 Å². The van der Waals surface area contributed by atoms with Crippen LogP contribution in [-0.4, -0.2) is 70.9 Å². The molecule has 9 heteroatoms. The number of thioether (sulfide) groups is 1. The Kier molecular flexibility index (Phi) is 8.07. The topological polar surface area (TPSA) is 82.8 Å². The van der Waals surface area contributed by atoms with Crippen LogP contribution in [-0.2, 0) is 10.5 Å². The van der Waals surface area contributed by atoms with Crippen LogP contribution in [0.1, 0.15) is 37.1 Å². The number of rotatable bonds is 8. The molecule has 1 fully saturated rings. The fourth-order valence-electron chi connectivity index (χ4n) is 4.03. The molecule has 0 aliphatic carbocycles. The van der Waals surface area contributed by atoms with Gasteiger partial charge in [-0.3, -0.25) is 9.59 Å². The molecular formula is C26H31N5O3S. The molecule has 0 unspecified atom stereocenters. The standard InChI is InChI=1S/C26H31N5O3S/c1-4-29(5-2)24-17-22(20-9-7-6-8-10-20)27-26(28-24)35-18-21-11-12-23(34-21)25(33)31-15-13-30(14-16-31)19(3)32/h6-12,17H,4-5,13-16,18H2,1-3H3. The lowest BCUT2D eigenvalue weighted by atomic mass is 10.1. The van der Waals surface area contributed by atoms with Gasteiger partial charge >= 0.3 is 0 Å². The van der Waals surface area contributed by atoms with Gasteiger partial charge in [0.2, 0.25) is 5.91 Å². The highest BCUT2D eigenvalue weighted by molar-refractivity contribution is 7.98. The smallest absolute Gasteiger partial charge is 0.289 e. The molecule has 8 nitrogen and oxygen atoms in total. The minimum atomic E-state index is -0.143. The van der Waals surface area contributed by atoms with Gasteiger partial charge in [-0.1, -0.05) is 42.1 Å². The molecule has 0 radical (unpaired) electrons. The molecule has 4 rings (SSSR count). The van der Waals surface area contributed by atoms with Crippen molar-refractivity contribution in [2.45, 2.75) is 31.7 Å². The van der Waals surface area contributed by atoms with Crippen molar-refractivity contribution in [1.82, 2.24) is 19.8 Å². The zero-order valence-electron chi connectivity index (χ0n) is 20.4. The normalized spacial score (nSPS) is 13.7. The second-order valence-corrected chi connectivity index (χ2v) is 9.23. The number of furan rings is 1. The molecule has 1 aliphatic rings. The summed E-state index contributed by atoms with van der Waals surface area (Å²) in [6.45, 7) is 9.62. The van der Waals surface area contributed by atoms with Crippen LogP contribution in [0.4, 0.5) is 5.82 Å². The van der Waals surface area contributed by atoms with Gasteiger partial charge in [0.15, 0.2) is 10.9 Å². The summed E-state index contributed by atoms with van der Waals surface area (Å²) in [5.74, 6) is 2.32. The predicted molar refractivity (Wildman–Crippen MR) is 137 cm³/mol. The van der Waals surface area contributed by atoms with E-state index in [4.69, 9.17) is 14.4 Å². The van der Waals surface area contributed by atoms with Crippen molar-refractivity contribution in [3.8, 4) is 11.3 Å². The molecule has 0 bridgehead atoms. The average Bonchev–Trinajstić information content (AvgIpc) is 3.37. The minimum absolute atomic E-state index is 0.0390. The SMILES string of the molecule is CCN(CC)c1cc(-c2ccccc2)nc(SCc2ccc(C(=O)N3CCN(C(C)=O)CC3)o2)n1. The zero-order chi connectivity index (χ0) is 24.8. The van der Waals surface area contributed by atoms with Gasteiger partial charge in [0.1, 0.15) is 11.6 Å². The summed E-state index contributed by atoms with van der Waals surface area (Å²) in [4.78, 5) is 39.6. The molecule has 3 aromatic rings. The third-order valence-corrected chi connectivity index (χ3v) is 6.95. The van der Waals surface area contributed by atoms with Crippen LogP contribution in [0, 0.1) is 0 Å². The molecule has 2 aromatic heterocycles. The van der Waals surface area contributed by atoms with Crippen molar-refractivity contribution in [2.24, 2.45) is 0 Å². The molecule has 0 spiro atoms. The number of carbonyl (C=O) groups excluding carboxylic acids is 2. The molecular weight excluding hydrogens is 462 g/mol. The van der Waals surface area contributed by atoms with Gasteiger partial charge in [0.05, 0.1) is 11.4 Å². The third-order valence-electron chi connectivity index (χ3n) is 6.08. The molecule has 0 N–H and O–H groups in total. The van der Waals surface area contributed by atoms with Crippen LogP contribution in [0.2, 0.25) is 0 Å². The van der Waals surface area contributed by atoms with E-state index in [1.54, 1.807) is 22.8 Å². The van der Waals surface area contributed by atoms with E-state index in [0.717, 1.165) is 30.2 Å². The third kappa shape index (κ3) is 6.03. The van der Waals surface area contributed by atoms with E-state index in [1.807, 2.05) is 42.5 Å². The van der Waals surface area contributed by atoms with E-state index in [1.165, 1.54) is 11.8 Å². The van der Waals surface area contributed by atoms with Crippen LogP contribution in [0.3, 0.4) is 0 Å². The molecule has 0 saturated carbocycles. The lowest BCUT2D eigenvalue weighted by molar-refractivity contribution is -0.130. The first kappa shape index (κ1) is 24.8. The van der Waals surface area contributed by atoms with Crippen LogP contribution in [0.5, 0.6) is 0 Å². The molecule has 1 aromatic carbocycles. The van der Waals surface area contributed by atoms with Crippen molar-refractivity contribution in [3.05, 3.63) is 60.1 Å². The van der Waals surface area contributed by atoms with Gasteiger partial charge < -0.3 is 19.1 Å². The van der Waals surface area contributed by atoms with Crippen molar-refractivity contribution >= 4 is 29.4 Å². The maximum absolute atomic E-state index is 12.8.